The molecule has 0 saturated heterocycles. The fourth-order valence-corrected chi connectivity index (χ4v) is 1.17. The third-order valence-electron chi connectivity index (χ3n) is 1.90. The Morgan fingerprint density at radius 1 is 1.07 bits per heavy atom. The summed E-state index contributed by atoms with van der Waals surface area (Å²) in [6, 6.07) is 3.97. The molecule has 0 aromatic heterocycles. The van der Waals surface area contributed by atoms with Crippen molar-refractivity contribution in [2.75, 3.05) is 0 Å². The van der Waals surface area contributed by atoms with Gasteiger partial charge in [-0.15, -0.1) is 0 Å². The van der Waals surface area contributed by atoms with E-state index in [0.29, 0.717) is 0 Å². The van der Waals surface area contributed by atoms with Crippen LogP contribution in [-0.4, -0.2) is 16.7 Å². The lowest BCUT2D eigenvalue weighted by Crippen LogP contribution is -2.04. The number of phenols is 1. The highest BCUT2D eigenvalue weighted by molar-refractivity contribution is 6.15. The number of ketones is 2. The van der Waals surface area contributed by atoms with Crippen LogP contribution in [0.25, 0.3) is 0 Å². The summed E-state index contributed by atoms with van der Waals surface area (Å²) in [5, 5.41) is 9.21. The van der Waals surface area contributed by atoms with E-state index in [0.717, 1.165) is 12.2 Å². The van der Waals surface area contributed by atoms with Gasteiger partial charge < -0.3 is 5.11 Å². The molecule has 1 N–H and O–H groups in total. The van der Waals surface area contributed by atoms with Crippen molar-refractivity contribution < 1.29 is 14.7 Å². The Balaban J connectivity index is 3.38. The van der Waals surface area contributed by atoms with E-state index in [-0.39, 0.29) is 22.7 Å². The third-order valence-corrected chi connectivity index (χ3v) is 1.90. The molecule has 0 atom stereocenters. The lowest BCUT2D eigenvalue weighted by Gasteiger charge is -2.03. The summed E-state index contributed by atoms with van der Waals surface area (Å²) < 4.78 is 0. The first-order valence-corrected chi connectivity index (χ1v) is 4.26. The van der Waals surface area contributed by atoms with Gasteiger partial charge in [-0.25, -0.2) is 0 Å². The number of phenolic OH excluding ortho intramolecular Hbond substituents is 1. The average Bonchev–Trinajstić information content (AvgIpc) is 2.26. The van der Waals surface area contributed by atoms with E-state index in [1.807, 2.05) is 0 Å². The van der Waals surface area contributed by atoms with Crippen LogP contribution in [0.2, 0.25) is 0 Å². The normalized spacial score (nSPS) is 9.33. The lowest BCUT2D eigenvalue weighted by molar-refractivity contribution is 0.101. The molecule has 1 aromatic carbocycles. The molecule has 0 heterocycles. The molecule has 0 bridgehead atoms. The number of benzene rings is 1. The SMILES string of the molecule is C=CC(=O)c1ccc(O)cc1C(=O)C=C. The number of hydrogen-bond donors (Lipinski definition) is 1. The Hall–Kier alpha value is -2.16. The van der Waals surface area contributed by atoms with Gasteiger partial charge in [0.1, 0.15) is 5.75 Å². The summed E-state index contributed by atoms with van der Waals surface area (Å²) in [4.78, 5) is 22.8. The van der Waals surface area contributed by atoms with Crippen LogP contribution in [0.3, 0.4) is 0 Å². The van der Waals surface area contributed by atoms with Crippen LogP contribution in [-0.2, 0) is 0 Å². The fourth-order valence-electron chi connectivity index (χ4n) is 1.17. The Labute approximate surface area is 87.4 Å². The Morgan fingerprint density at radius 3 is 2.13 bits per heavy atom. The first-order valence-electron chi connectivity index (χ1n) is 4.26. The topological polar surface area (TPSA) is 54.4 Å². The molecule has 76 valence electrons. The maximum absolute atomic E-state index is 11.4. The second-order valence-electron chi connectivity index (χ2n) is 2.87. The quantitative estimate of drug-likeness (QED) is 0.601. The summed E-state index contributed by atoms with van der Waals surface area (Å²) in [6.07, 6.45) is 2.21. The minimum atomic E-state index is -0.406. The first kappa shape index (κ1) is 10.9. The molecule has 0 saturated carbocycles. The molecule has 0 unspecified atom stereocenters. The van der Waals surface area contributed by atoms with Gasteiger partial charge in [-0.3, -0.25) is 9.59 Å². The highest BCUT2D eigenvalue weighted by Crippen LogP contribution is 2.18. The number of hydrogen-bond acceptors (Lipinski definition) is 3. The summed E-state index contributed by atoms with van der Waals surface area (Å²) in [6.45, 7) is 6.66. The molecular formula is C12H10O3. The van der Waals surface area contributed by atoms with Crippen molar-refractivity contribution in [2.24, 2.45) is 0 Å². The smallest absolute Gasteiger partial charge is 0.186 e. The summed E-state index contributed by atoms with van der Waals surface area (Å²) in [7, 11) is 0. The average molecular weight is 202 g/mol. The molecule has 3 nitrogen and oxygen atoms in total. The first-order chi connectivity index (χ1) is 7.10. The standard InChI is InChI=1S/C12H10O3/c1-3-11(14)9-6-5-8(13)7-10(9)12(15)4-2/h3-7,13H,1-2H2. The molecule has 0 spiro atoms. The molecule has 0 aliphatic carbocycles. The Kier molecular flexibility index (Phi) is 3.18. The number of carbonyl (C=O) groups excluding carboxylic acids is 2. The number of allylic oxidation sites excluding steroid dienone is 2. The molecule has 1 aromatic rings. The summed E-state index contributed by atoms with van der Waals surface area (Å²) in [5.41, 5.74) is 0.350. The molecule has 0 fully saturated rings. The van der Waals surface area contributed by atoms with Gasteiger partial charge in [0.15, 0.2) is 11.6 Å². The van der Waals surface area contributed by atoms with Gasteiger partial charge in [0.25, 0.3) is 0 Å². The van der Waals surface area contributed by atoms with Crippen molar-refractivity contribution >= 4 is 11.6 Å². The predicted octanol–water partition coefficient (Wildman–Crippen LogP) is 2.13. The minimum Gasteiger partial charge on any atom is -0.508 e. The second kappa shape index (κ2) is 4.37. The zero-order valence-electron chi connectivity index (χ0n) is 8.06. The van der Waals surface area contributed by atoms with E-state index in [4.69, 9.17) is 0 Å². The highest BCUT2D eigenvalue weighted by Gasteiger charge is 2.13. The third kappa shape index (κ3) is 2.20. The minimum absolute atomic E-state index is 0.0687. The van der Waals surface area contributed by atoms with Gasteiger partial charge in [0.05, 0.1) is 0 Å². The van der Waals surface area contributed by atoms with Crippen molar-refractivity contribution in [1.82, 2.24) is 0 Å². The molecule has 0 aliphatic heterocycles. The molecule has 0 aliphatic rings. The monoisotopic (exact) mass is 202 g/mol. The molecule has 1 rings (SSSR count). The van der Waals surface area contributed by atoms with Crippen LogP contribution in [0.5, 0.6) is 5.75 Å². The maximum atomic E-state index is 11.4. The van der Waals surface area contributed by atoms with Crippen LogP contribution in [0, 0.1) is 0 Å². The van der Waals surface area contributed by atoms with E-state index < -0.39 is 5.78 Å². The zero-order valence-corrected chi connectivity index (χ0v) is 8.06. The van der Waals surface area contributed by atoms with E-state index in [1.54, 1.807) is 0 Å². The van der Waals surface area contributed by atoms with Gasteiger partial charge in [-0.2, -0.15) is 0 Å². The molecule has 0 amide bonds. The van der Waals surface area contributed by atoms with E-state index in [1.165, 1.54) is 18.2 Å². The number of carbonyl (C=O) groups is 2. The van der Waals surface area contributed by atoms with E-state index in [9.17, 15) is 14.7 Å². The van der Waals surface area contributed by atoms with Crippen molar-refractivity contribution in [3.05, 3.63) is 54.6 Å². The Bertz CT molecular complexity index is 444. The molecule has 0 radical (unpaired) electrons. The van der Waals surface area contributed by atoms with E-state index >= 15 is 0 Å². The maximum Gasteiger partial charge on any atom is 0.186 e. The van der Waals surface area contributed by atoms with Gasteiger partial charge in [-0.1, -0.05) is 13.2 Å². The summed E-state index contributed by atoms with van der Waals surface area (Å²) in [5.74, 6) is -0.836. The van der Waals surface area contributed by atoms with Crippen LogP contribution >= 0.6 is 0 Å². The number of rotatable bonds is 4. The van der Waals surface area contributed by atoms with Crippen molar-refractivity contribution in [1.29, 1.82) is 0 Å². The lowest BCUT2D eigenvalue weighted by atomic mass is 10.00. The van der Waals surface area contributed by atoms with Crippen LogP contribution in [0.1, 0.15) is 20.7 Å². The molecule has 15 heavy (non-hydrogen) atoms. The fraction of sp³-hybridized carbons (Fsp3) is 0. The van der Waals surface area contributed by atoms with Crippen LogP contribution in [0.4, 0.5) is 0 Å². The van der Waals surface area contributed by atoms with Crippen LogP contribution < -0.4 is 0 Å². The summed E-state index contributed by atoms with van der Waals surface area (Å²) >= 11 is 0. The Morgan fingerprint density at radius 2 is 1.60 bits per heavy atom. The van der Waals surface area contributed by atoms with E-state index in [2.05, 4.69) is 13.2 Å². The zero-order chi connectivity index (χ0) is 11.4. The largest absolute Gasteiger partial charge is 0.508 e. The highest BCUT2D eigenvalue weighted by atomic mass is 16.3. The van der Waals surface area contributed by atoms with Crippen molar-refractivity contribution in [2.45, 2.75) is 0 Å². The number of aromatic hydroxyl groups is 1. The van der Waals surface area contributed by atoms with Gasteiger partial charge in [0.2, 0.25) is 0 Å². The van der Waals surface area contributed by atoms with Crippen LogP contribution in [0.15, 0.2) is 43.5 Å². The van der Waals surface area contributed by atoms with Crippen molar-refractivity contribution in [3.63, 3.8) is 0 Å². The second-order valence-corrected chi connectivity index (χ2v) is 2.87. The van der Waals surface area contributed by atoms with Crippen molar-refractivity contribution in [3.8, 4) is 5.75 Å². The molecule has 3 heteroatoms. The predicted molar refractivity (Wildman–Crippen MR) is 57.2 cm³/mol. The van der Waals surface area contributed by atoms with Gasteiger partial charge >= 0.3 is 0 Å². The molecular weight excluding hydrogens is 192 g/mol. The van der Waals surface area contributed by atoms with Gasteiger partial charge in [-0.05, 0) is 30.4 Å². The van der Waals surface area contributed by atoms with Gasteiger partial charge in [0, 0.05) is 11.1 Å².